The summed E-state index contributed by atoms with van der Waals surface area (Å²) in [5.41, 5.74) is 4.06. The number of para-hydroxylation sites is 1. The van der Waals surface area contributed by atoms with E-state index in [9.17, 15) is 9.59 Å². The second-order valence-corrected chi connectivity index (χ2v) is 5.91. The number of benzene rings is 2. The van der Waals surface area contributed by atoms with Crippen LogP contribution < -0.4 is 10.2 Å². The van der Waals surface area contributed by atoms with E-state index in [0.29, 0.717) is 19.5 Å². The number of hydrogen-bond acceptors (Lipinski definition) is 2. The van der Waals surface area contributed by atoms with E-state index in [0.717, 1.165) is 22.4 Å². The Bertz CT molecular complexity index is 725. The van der Waals surface area contributed by atoms with E-state index >= 15 is 0 Å². The Hall–Kier alpha value is -2.62. The van der Waals surface area contributed by atoms with Crippen LogP contribution in [0.2, 0.25) is 0 Å². The second kappa shape index (κ2) is 8.29. The zero-order valence-electron chi connectivity index (χ0n) is 14.5. The highest BCUT2D eigenvalue weighted by atomic mass is 16.2. The quantitative estimate of drug-likeness (QED) is 0.888. The smallest absolute Gasteiger partial charge is 0.224 e. The van der Waals surface area contributed by atoms with Crippen LogP contribution in [-0.2, 0) is 16.0 Å². The first-order chi connectivity index (χ1) is 11.5. The normalized spacial score (nSPS) is 10.3. The third-order valence-electron chi connectivity index (χ3n) is 4.06. The van der Waals surface area contributed by atoms with Gasteiger partial charge in [0, 0.05) is 25.7 Å². The zero-order chi connectivity index (χ0) is 17.5. The molecule has 0 aromatic heterocycles. The molecule has 0 unspecified atom stereocenters. The van der Waals surface area contributed by atoms with Gasteiger partial charge < -0.3 is 10.2 Å². The Morgan fingerprint density at radius 1 is 0.958 bits per heavy atom. The van der Waals surface area contributed by atoms with Crippen LogP contribution in [0.1, 0.15) is 23.6 Å². The Morgan fingerprint density at radius 3 is 2.21 bits per heavy atom. The molecule has 0 saturated heterocycles. The van der Waals surface area contributed by atoms with Crippen LogP contribution in [0.25, 0.3) is 0 Å². The summed E-state index contributed by atoms with van der Waals surface area (Å²) in [5.74, 6) is -0.0601. The minimum absolute atomic E-state index is 0.0300. The molecular formula is C20H24N2O2. The van der Waals surface area contributed by atoms with Crippen molar-refractivity contribution in [1.29, 1.82) is 0 Å². The number of nitrogens with zero attached hydrogens (tertiary/aromatic N) is 1. The van der Waals surface area contributed by atoms with E-state index in [1.54, 1.807) is 11.8 Å². The summed E-state index contributed by atoms with van der Waals surface area (Å²) < 4.78 is 0. The van der Waals surface area contributed by atoms with Crippen molar-refractivity contribution < 1.29 is 9.59 Å². The van der Waals surface area contributed by atoms with Gasteiger partial charge in [-0.15, -0.1) is 0 Å². The Kier molecular flexibility index (Phi) is 6.13. The molecule has 4 nitrogen and oxygen atoms in total. The summed E-state index contributed by atoms with van der Waals surface area (Å²) in [6.45, 7) is 6.40. The van der Waals surface area contributed by atoms with Gasteiger partial charge in [-0.2, -0.15) is 0 Å². The van der Waals surface area contributed by atoms with Gasteiger partial charge in [0.25, 0.3) is 0 Å². The van der Waals surface area contributed by atoms with Gasteiger partial charge in [-0.25, -0.2) is 0 Å². The van der Waals surface area contributed by atoms with E-state index in [2.05, 4.69) is 5.32 Å². The molecule has 2 amide bonds. The standard InChI is InChI=1S/C20H24N2O2/c1-15-8-4-6-10-18(15)14-20(24)21-12-13-22(17(3)23)19-11-7-5-9-16(19)2/h4-11H,12-14H2,1-3H3,(H,21,24). The summed E-state index contributed by atoms with van der Waals surface area (Å²) in [4.78, 5) is 25.7. The molecule has 0 saturated carbocycles. The number of anilines is 1. The lowest BCUT2D eigenvalue weighted by Gasteiger charge is -2.23. The van der Waals surface area contributed by atoms with Crippen LogP contribution in [-0.4, -0.2) is 24.9 Å². The van der Waals surface area contributed by atoms with Gasteiger partial charge in [0.05, 0.1) is 6.42 Å². The second-order valence-electron chi connectivity index (χ2n) is 5.91. The summed E-state index contributed by atoms with van der Waals surface area (Å²) in [5, 5.41) is 2.90. The number of rotatable bonds is 6. The lowest BCUT2D eigenvalue weighted by atomic mass is 10.1. The Labute approximate surface area is 143 Å². The van der Waals surface area contributed by atoms with Crippen molar-refractivity contribution in [3.05, 3.63) is 65.2 Å². The average molecular weight is 324 g/mol. The molecule has 2 aromatic rings. The van der Waals surface area contributed by atoms with Crippen LogP contribution in [0.4, 0.5) is 5.69 Å². The van der Waals surface area contributed by atoms with Gasteiger partial charge in [-0.1, -0.05) is 42.5 Å². The molecule has 0 aliphatic carbocycles. The van der Waals surface area contributed by atoms with Crippen LogP contribution in [0.15, 0.2) is 48.5 Å². The molecule has 0 fully saturated rings. The monoisotopic (exact) mass is 324 g/mol. The van der Waals surface area contributed by atoms with E-state index in [-0.39, 0.29) is 11.8 Å². The lowest BCUT2D eigenvalue weighted by molar-refractivity contribution is -0.121. The average Bonchev–Trinajstić information content (AvgIpc) is 2.54. The minimum atomic E-state index is -0.0301. The van der Waals surface area contributed by atoms with E-state index in [1.807, 2.05) is 62.4 Å². The maximum Gasteiger partial charge on any atom is 0.224 e. The van der Waals surface area contributed by atoms with E-state index < -0.39 is 0 Å². The maximum atomic E-state index is 12.1. The molecule has 1 N–H and O–H groups in total. The molecule has 2 aromatic carbocycles. The number of amides is 2. The van der Waals surface area contributed by atoms with Crippen molar-refractivity contribution in [2.45, 2.75) is 27.2 Å². The fraction of sp³-hybridized carbons (Fsp3) is 0.300. The number of hydrogen-bond donors (Lipinski definition) is 1. The molecule has 24 heavy (non-hydrogen) atoms. The van der Waals surface area contributed by atoms with Crippen LogP contribution in [0.3, 0.4) is 0 Å². The molecule has 126 valence electrons. The lowest BCUT2D eigenvalue weighted by Crippen LogP contribution is -2.38. The van der Waals surface area contributed by atoms with Crippen molar-refractivity contribution >= 4 is 17.5 Å². The highest BCUT2D eigenvalue weighted by Gasteiger charge is 2.13. The molecule has 0 radical (unpaired) electrons. The van der Waals surface area contributed by atoms with Crippen LogP contribution in [0, 0.1) is 13.8 Å². The van der Waals surface area contributed by atoms with Crippen molar-refractivity contribution in [3.8, 4) is 0 Å². The van der Waals surface area contributed by atoms with Crippen molar-refractivity contribution in [2.24, 2.45) is 0 Å². The predicted molar refractivity (Wildman–Crippen MR) is 97.1 cm³/mol. The number of carbonyl (C=O) groups is 2. The largest absolute Gasteiger partial charge is 0.354 e. The molecule has 0 aliphatic rings. The molecule has 0 aliphatic heterocycles. The van der Waals surface area contributed by atoms with Crippen molar-refractivity contribution in [2.75, 3.05) is 18.0 Å². The first kappa shape index (κ1) is 17.7. The Morgan fingerprint density at radius 2 is 1.58 bits per heavy atom. The van der Waals surface area contributed by atoms with Crippen LogP contribution in [0.5, 0.6) is 0 Å². The predicted octanol–water partition coefficient (Wildman–Crippen LogP) is 3.02. The highest BCUT2D eigenvalue weighted by molar-refractivity contribution is 5.92. The topological polar surface area (TPSA) is 49.4 Å². The summed E-state index contributed by atoms with van der Waals surface area (Å²) in [6, 6.07) is 15.6. The van der Waals surface area contributed by atoms with Gasteiger partial charge in [0.1, 0.15) is 0 Å². The van der Waals surface area contributed by atoms with Crippen molar-refractivity contribution in [1.82, 2.24) is 5.32 Å². The molecule has 0 heterocycles. The summed E-state index contributed by atoms with van der Waals surface area (Å²) in [6.07, 6.45) is 0.358. The van der Waals surface area contributed by atoms with Gasteiger partial charge in [-0.05, 0) is 36.6 Å². The minimum Gasteiger partial charge on any atom is -0.354 e. The first-order valence-electron chi connectivity index (χ1n) is 8.14. The third-order valence-corrected chi connectivity index (χ3v) is 4.06. The first-order valence-corrected chi connectivity index (χ1v) is 8.14. The zero-order valence-corrected chi connectivity index (χ0v) is 14.5. The van der Waals surface area contributed by atoms with Gasteiger partial charge in [0.15, 0.2) is 0 Å². The summed E-state index contributed by atoms with van der Waals surface area (Å²) in [7, 11) is 0. The molecule has 2 rings (SSSR count). The van der Waals surface area contributed by atoms with Crippen LogP contribution >= 0.6 is 0 Å². The van der Waals surface area contributed by atoms with E-state index in [1.165, 1.54) is 0 Å². The summed E-state index contributed by atoms with van der Waals surface area (Å²) >= 11 is 0. The molecule has 4 heteroatoms. The number of aryl methyl sites for hydroxylation is 2. The molecule has 0 bridgehead atoms. The fourth-order valence-electron chi connectivity index (χ4n) is 2.66. The van der Waals surface area contributed by atoms with Crippen molar-refractivity contribution in [3.63, 3.8) is 0 Å². The van der Waals surface area contributed by atoms with Gasteiger partial charge >= 0.3 is 0 Å². The Balaban J connectivity index is 1.92. The highest BCUT2D eigenvalue weighted by Crippen LogP contribution is 2.19. The fourth-order valence-corrected chi connectivity index (χ4v) is 2.66. The van der Waals surface area contributed by atoms with E-state index in [4.69, 9.17) is 0 Å². The third kappa shape index (κ3) is 4.69. The number of carbonyl (C=O) groups excluding carboxylic acids is 2. The number of nitrogens with one attached hydrogen (secondary N) is 1. The molecule has 0 atom stereocenters. The molecular weight excluding hydrogens is 300 g/mol. The maximum absolute atomic E-state index is 12.1. The SMILES string of the molecule is CC(=O)N(CCNC(=O)Cc1ccccc1C)c1ccccc1C. The van der Waals surface area contributed by atoms with Gasteiger partial charge in [-0.3, -0.25) is 9.59 Å². The van der Waals surface area contributed by atoms with Gasteiger partial charge in [0.2, 0.25) is 11.8 Å². The molecule has 0 spiro atoms.